The van der Waals surface area contributed by atoms with E-state index in [-0.39, 0.29) is 35.3 Å². The Hall–Kier alpha value is -1.10. The second-order valence-corrected chi connectivity index (χ2v) is 7.41. The number of hydrogen-bond donors (Lipinski definition) is 2. The summed E-state index contributed by atoms with van der Waals surface area (Å²) in [5, 5.41) is 5.92. The minimum atomic E-state index is -0.374. The van der Waals surface area contributed by atoms with Gasteiger partial charge in [-0.25, -0.2) is 4.98 Å². The first-order valence-corrected chi connectivity index (χ1v) is 8.73. The molecular formula is C15H27IN6OS. The number of carbonyl (C=O) groups is 1. The van der Waals surface area contributed by atoms with Gasteiger partial charge in [-0.05, 0) is 0 Å². The van der Waals surface area contributed by atoms with Gasteiger partial charge in [-0.2, -0.15) is 0 Å². The van der Waals surface area contributed by atoms with Crippen LogP contribution in [0.15, 0.2) is 16.6 Å². The molecule has 0 atom stereocenters. The van der Waals surface area contributed by atoms with Crippen molar-refractivity contribution >= 4 is 52.3 Å². The molecule has 1 fully saturated rings. The maximum atomic E-state index is 11.7. The highest BCUT2D eigenvalue weighted by Crippen LogP contribution is 2.18. The average molecular weight is 466 g/mol. The second kappa shape index (κ2) is 9.40. The number of aliphatic imine (C=N–C) groups is 1. The highest BCUT2D eigenvalue weighted by molar-refractivity contribution is 14.0. The zero-order valence-electron chi connectivity index (χ0n) is 14.5. The van der Waals surface area contributed by atoms with Gasteiger partial charge in [-0.15, -0.1) is 35.3 Å². The van der Waals surface area contributed by atoms with E-state index in [0.29, 0.717) is 19.0 Å². The topological polar surface area (TPSA) is 86.8 Å². The van der Waals surface area contributed by atoms with E-state index in [2.05, 4.69) is 25.1 Å². The summed E-state index contributed by atoms with van der Waals surface area (Å²) in [5.74, 6) is 0.581. The van der Waals surface area contributed by atoms with Crippen molar-refractivity contribution in [2.24, 2.45) is 16.1 Å². The lowest BCUT2D eigenvalue weighted by atomic mass is 9.96. The minimum absolute atomic E-state index is 0. The smallest absolute Gasteiger partial charge is 0.225 e. The van der Waals surface area contributed by atoms with Crippen LogP contribution in [0, 0.1) is 5.41 Å². The summed E-state index contributed by atoms with van der Waals surface area (Å²) in [4.78, 5) is 24.8. The Labute approximate surface area is 164 Å². The van der Waals surface area contributed by atoms with Crippen LogP contribution in [-0.2, 0) is 4.79 Å². The Morgan fingerprint density at radius 2 is 2.04 bits per heavy atom. The number of piperazine rings is 1. The van der Waals surface area contributed by atoms with Crippen LogP contribution < -0.4 is 16.0 Å². The quantitative estimate of drug-likeness (QED) is 0.303. The number of nitrogens with zero attached hydrogens (tertiary/aromatic N) is 4. The van der Waals surface area contributed by atoms with Crippen molar-refractivity contribution < 1.29 is 4.79 Å². The average Bonchev–Trinajstić information content (AvgIpc) is 3.04. The molecule has 0 saturated carbocycles. The maximum Gasteiger partial charge on any atom is 0.225 e. The van der Waals surface area contributed by atoms with Gasteiger partial charge in [0.2, 0.25) is 5.91 Å². The third-order valence-corrected chi connectivity index (χ3v) is 4.48. The second-order valence-electron chi connectivity index (χ2n) is 6.53. The number of hydrogen-bond acceptors (Lipinski definition) is 5. The van der Waals surface area contributed by atoms with Crippen molar-refractivity contribution in [2.45, 2.75) is 20.8 Å². The van der Waals surface area contributed by atoms with Gasteiger partial charge in [0.05, 0.1) is 6.54 Å². The lowest BCUT2D eigenvalue weighted by Gasteiger charge is -2.35. The van der Waals surface area contributed by atoms with Gasteiger partial charge in [0.25, 0.3) is 0 Å². The van der Waals surface area contributed by atoms with Crippen LogP contribution >= 0.6 is 35.3 Å². The first-order valence-electron chi connectivity index (χ1n) is 7.85. The summed E-state index contributed by atoms with van der Waals surface area (Å²) in [7, 11) is 0. The normalized spacial score (nSPS) is 15.9. The zero-order valence-corrected chi connectivity index (χ0v) is 17.6. The molecule has 1 aromatic heterocycles. The van der Waals surface area contributed by atoms with E-state index in [1.807, 2.05) is 32.3 Å². The van der Waals surface area contributed by atoms with Crippen LogP contribution in [0.4, 0.5) is 5.13 Å². The molecule has 3 N–H and O–H groups in total. The molecule has 0 aromatic carbocycles. The number of halogens is 1. The lowest BCUT2D eigenvalue weighted by Crippen LogP contribution is -2.51. The number of nitrogens with one attached hydrogen (secondary N) is 1. The largest absolute Gasteiger partial charge is 0.370 e. The van der Waals surface area contributed by atoms with Crippen LogP contribution in [-0.4, -0.2) is 61.0 Å². The van der Waals surface area contributed by atoms with Crippen molar-refractivity contribution in [3.8, 4) is 0 Å². The molecule has 1 aliphatic rings. The molecule has 0 aliphatic carbocycles. The predicted octanol–water partition coefficient (Wildman–Crippen LogP) is 1.36. The Morgan fingerprint density at radius 1 is 1.38 bits per heavy atom. The third-order valence-electron chi connectivity index (χ3n) is 3.65. The van der Waals surface area contributed by atoms with E-state index in [1.54, 1.807) is 11.3 Å². The van der Waals surface area contributed by atoms with E-state index >= 15 is 0 Å². The van der Waals surface area contributed by atoms with Crippen molar-refractivity contribution in [3.63, 3.8) is 0 Å². The standard InChI is InChI=1S/C15H26N6OS.HI/c1-15(2,3)12(22)17-4-5-18-13(16)20-7-9-21(10-8-20)14-19-6-11-23-14;/h6,11H,4-5,7-10H2,1-3H3,(H2,16,18)(H,17,22);1H. The molecule has 1 aromatic rings. The van der Waals surface area contributed by atoms with Gasteiger partial charge in [-0.1, -0.05) is 20.8 Å². The number of aromatic nitrogens is 1. The highest BCUT2D eigenvalue weighted by atomic mass is 127. The van der Waals surface area contributed by atoms with E-state index in [0.717, 1.165) is 31.3 Å². The zero-order chi connectivity index (χ0) is 16.9. The predicted molar refractivity (Wildman–Crippen MR) is 110 cm³/mol. The molecule has 2 heterocycles. The highest BCUT2D eigenvalue weighted by Gasteiger charge is 2.21. The first-order chi connectivity index (χ1) is 10.9. The van der Waals surface area contributed by atoms with Gasteiger partial charge >= 0.3 is 0 Å². The van der Waals surface area contributed by atoms with E-state index in [1.165, 1.54) is 0 Å². The van der Waals surface area contributed by atoms with E-state index in [4.69, 9.17) is 5.73 Å². The molecule has 1 amide bonds. The van der Waals surface area contributed by atoms with Crippen LogP contribution in [0.3, 0.4) is 0 Å². The summed E-state index contributed by atoms with van der Waals surface area (Å²) >= 11 is 1.66. The van der Waals surface area contributed by atoms with Gasteiger partial charge < -0.3 is 20.9 Å². The van der Waals surface area contributed by atoms with Crippen molar-refractivity contribution in [1.29, 1.82) is 0 Å². The van der Waals surface area contributed by atoms with Crippen LogP contribution in [0.25, 0.3) is 0 Å². The number of carbonyl (C=O) groups excluding carboxylic acids is 1. The summed E-state index contributed by atoms with van der Waals surface area (Å²) < 4.78 is 0. The maximum absolute atomic E-state index is 11.7. The van der Waals surface area contributed by atoms with Gasteiger partial charge in [0, 0.05) is 49.7 Å². The Kier molecular flexibility index (Phi) is 8.20. The molecule has 0 bridgehead atoms. The fraction of sp³-hybridized carbons (Fsp3) is 0.667. The number of anilines is 1. The number of nitrogens with two attached hydrogens (primary N) is 1. The van der Waals surface area contributed by atoms with E-state index < -0.39 is 0 Å². The number of thiazole rings is 1. The van der Waals surface area contributed by atoms with Crippen LogP contribution in [0.5, 0.6) is 0 Å². The van der Waals surface area contributed by atoms with Crippen molar-refractivity contribution in [3.05, 3.63) is 11.6 Å². The SMILES string of the molecule is CC(C)(C)C(=O)NCCN=C(N)N1CCN(c2nccs2)CC1.I. The lowest BCUT2D eigenvalue weighted by molar-refractivity contribution is -0.128. The Morgan fingerprint density at radius 3 is 2.58 bits per heavy atom. The Balaban J connectivity index is 0.00000288. The minimum Gasteiger partial charge on any atom is -0.370 e. The molecule has 9 heteroatoms. The fourth-order valence-corrected chi connectivity index (χ4v) is 2.90. The van der Waals surface area contributed by atoms with Crippen LogP contribution in [0.2, 0.25) is 0 Å². The molecule has 136 valence electrons. The van der Waals surface area contributed by atoms with Crippen molar-refractivity contribution in [2.75, 3.05) is 44.2 Å². The molecule has 1 aliphatic heterocycles. The Bertz CT molecular complexity index is 535. The summed E-state index contributed by atoms with van der Waals surface area (Å²) in [6, 6.07) is 0. The fourth-order valence-electron chi connectivity index (χ4n) is 2.20. The molecule has 0 unspecified atom stereocenters. The molecule has 7 nitrogen and oxygen atoms in total. The summed E-state index contributed by atoms with van der Waals surface area (Å²) in [5.41, 5.74) is 5.67. The monoisotopic (exact) mass is 466 g/mol. The summed E-state index contributed by atoms with van der Waals surface area (Å²) in [6.45, 7) is 10.1. The van der Waals surface area contributed by atoms with E-state index in [9.17, 15) is 4.79 Å². The molecule has 24 heavy (non-hydrogen) atoms. The van der Waals surface area contributed by atoms with Crippen molar-refractivity contribution in [1.82, 2.24) is 15.2 Å². The first kappa shape index (κ1) is 20.9. The van der Waals surface area contributed by atoms with Gasteiger partial charge in [0.15, 0.2) is 11.1 Å². The molecule has 1 saturated heterocycles. The number of rotatable bonds is 4. The molecule has 2 rings (SSSR count). The molecule has 0 spiro atoms. The third kappa shape index (κ3) is 6.08. The molecule has 0 radical (unpaired) electrons. The molecular weight excluding hydrogens is 439 g/mol. The van der Waals surface area contributed by atoms with Gasteiger partial charge in [0.1, 0.15) is 0 Å². The van der Waals surface area contributed by atoms with Gasteiger partial charge in [-0.3, -0.25) is 9.79 Å². The number of amides is 1. The van der Waals surface area contributed by atoms with Crippen LogP contribution in [0.1, 0.15) is 20.8 Å². The number of guanidine groups is 1. The summed E-state index contributed by atoms with van der Waals surface area (Å²) in [6.07, 6.45) is 1.83.